The number of nitrogens with zero attached hydrogens (tertiary/aromatic N) is 5. The van der Waals surface area contributed by atoms with Crippen molar-refractivity contribution in [2.24, 2.45) is 0 Å². The molecule has 10 rings (SSSR count). The molecular weight excluding hydrogens is 526 g/mol. The summed E-state index contributed by atoms with van der Waals surface area (Å²) in [7, 11) is 0. The predicted molar refractivity (Wildman–Crippen MR) is 177 cm³/mol. The highest BCUT2D eigenvalue weighted by atomic mass is 15.1. The molecular formula is C38H23N5. The molecule has 0 bridgehead atoms. The van der Waals surface area contributed by atoms with E-state index in [0.717, 1.165) is 39.0 Å². The fraction of sp³-hybridized carbons (Fsp3) is 0. The number of hydrogen-bond donors (Lipinski definition) is 0. The van der Waals surface area contributed by atoms with Crippen molar-refractivity contribution < 1.29 is 0 Å². The third kappa shape index (κ3) is 2.85. The number of benzene rings is 5. The Hall–Kier alpha value is -5.94. The maximum Gasteiger partial charge on any atom is 0.148 e. The van der Waals surface area contributed by atoms with Crippen LogP contribution < -0.4 is 0 Å². The zero-order chi connectivity index (χ0) is 28.1. The van der Waals surface area contributed by atoms with E-state index >= 15 is 0 Å². The van der Waals surface area contributed by atoms with Crippen LogP contribution in [0.25, 0.3) is 82.4 Å². The van der Waals surface area contributed by atoms with Crippen molar-refractivity contribution in [3.8, 4) is 11.4 Å². The van der Waals surface area contributed by atoms with E-state index in [1.807, 2.05) is 24.7 Å². The van der Waals surface area contributed by atoms with Gasteiger partial charge in [-0.2, -0.15) is 0 Å². The van der Waals surface area contributed by atoms with E-state index in [1.54, 1.807) is 0 Å². The molecule has 0 radical (unpaired) electrons. The molecule has 0 aliphatic rings. The Bertz CT molecular complexity index is 2710. The van der Waals surface area contributed by atoms with Crippen molar-refractivity contribution in [2.75, 3.05) is 0 Å². The fourth-order valence-electron chi connectivity index (χ4n) is 7.31. The first-order chi connectivity index (χ1) is 21.4. The first-order valence-electron chi connectivity index (χ1n) is 14.5. The molecule has 0 unspecified atom stereocenters. The second kappa shape index (κ2) is 8.30. The fourth-order valence-corrected chi connectivity index (χ4v) is 7.31. The number of pyridine rings is 2. The van der Waals surface area contributed by atoms with Gasteiger partial charge in [-0.1, -0.05) is 72.8 Å². The molecule has 0 aliphatic heterocycles. The molecule has 5 aromatic heterocycles. The van der Waals surface area contributed by atoms with Crippen molar-refractivity contribution in [1.29, 1.82) is 0 Å². The van der Waals surface area contributed by atoms with Gasteiger partial charge < -0.3 is 9.13 Å². The molecule has 0 saturated heterocycles. The zero-order valence-corrected chi connectivity index (χ0v) is 23.0. The van der Waals surface area contributed by atoms with Gasteiger partial charge in [0.15, 0.2) is 0 Å². The van der Waals surface area contributed by atoms with Crippen LogP contribution in [0.1, 0.15) is 0 Å². The van der Waals surface area contributed by atoms with Gasteiger partial charge in [0.2, 0.25) is 0 Å². The van der Waals surface area contributed by atoms with Gasteiger partial charge in [-0.3, -0.25) is 4.40 Å². The molecule has 0 saturated carbocycles. The predicted octanol–water partition coefficient (Wildman–Crippen LogP) is 9.23. The van der Waals surface area contributed by atoms with Crippen LogP contribution in [0.3, 0.4) is 0 Å². The maximum absolute atomic E-state index is 5.01. The average molecular weight is 550 g/mol. The lowest BCUT2D eigenvalue weighted by atomic mass is 9.97. The van der Waals surface area contributed by atoms with Crippen molar-refractivity contribution in [1.82, 2.24) is 23.5 Å². The standard InChI is InChI=1S/C38H23N5/c1-3-12-24(13-4-1)42-29-19-9-7-16-26(29)32-31-28-18-11-21-39-37(28)41-23-22-40-38(41)34(31)36-33(35(32)42)27-17-8-10-20-30(27)43(36)25-14-5-2-6-15-25/h1-23H. The molecule has 0 atom stereocenters. The van der Waals surface area contributed by atoms with Crippen LogP contribution in [-0.2, 0) is 0 Å². The Balaban J connectivity index is 1.66. The molecule has 0 aliphatic carbocycles. The van der Waals surface area contributed by atoms with Gasteiger partial charge in [0.25, 0.3) is 0 Å². The van der Waals surface area contributed by atoms with Crippen LogP contribution in [0, 0.1) is 0 Å². The molecule has 200 valence electrons. The normalized spacial score (nSPS) is 12.2. The number of aromatic nitrogens is 5. The highest BCUT2D eigenvalue weighted by Crippen LogP contribution is 2.49. The van der Waals surface area contributed by atoms with Crippen LogP contribution in [0.5, 0.6) is 0 Å². The Morgan fingerprint density at radius 2 is 0.930 bits per heavy atom. The quantitative estimate of drug-likeness (QED) is 0.202. The lowest BCUT2D eigenvalue weighted by Gasteiger charge is -2.15. The SMILES string of the molecule is c1ccc(-n2c3ccccc3c3c4c5cccnc5n5ccnc5c4c4c(c5ccccc5n4-c4ccccc4)c32)cc1. The molecule has 5 aromatic carbocycles. The minimum atomic E-state index is 0.905. The van der Waals surface area contributed by atoms with Gasteiger partial charge in [-0.25, -0.2) is 9.97 Å². The monoisotopic (exact) mass is 549 g/mol. The largest absolute Gasteiger partial charge is 0.309 e. The lowest BCUT2D eigenvalue weighted by Crippen LogP contribution is -1.99. The molecule has 0 spiro atoms. The molecule has 0 fully saturated rings. The third-order valence-corrected chi connectivity index (χ3v) is 8.90. The third-order valence-electron chi connectivity index (χ3n) is 8.90. The first-order valence-corrected chi connectivity index (χ1v) is 14.5. The van der Waals surface area contributed by atoms with Crippen molar-refractivity contribution in [3.05, 3.63) is 140 Å². The molecule has 0 amide bonds. The summed E-state index contributed by atoms with van der Waals surface area (Å²) in [6, 6.07) is 43.3. The van der Waals surface area contributed by atoms with E-state index in [4.69, 9.17) is 9.97 Å². The summed E-state index contributed by atoms with van der Waals surface area (Å²) in [6.45, 7) is 0. The smallest absolute Gasteiger partial charge is 0.148 e. The Labute approximate surface area is 245 Å². The number of hydrogen-bond acceptors (Lipinski definition) is 2. The van der Waals surface area contributed by atoms with Gasteiger partial charge >= 0.3 is 0 Å². The van der Waals surface area contributed by atoms with Gasteiger partial charge in [0, 0.05) is 62.3 Å². The Morgan fingerprint density at radius 3 is 1.60 bits per heavy atom. The number of para-hydroxylation sites is 4. The Kier molecular flexibility index (Phi) is 4.39. The van der Waals surface area contributed by atoms with E-state index in [-0.39, 0.29) is 0 Å². The number of imidazole rings is 1. The van der Waals surface area contributed by atoms with Crippen molar-refractivity contribution in [2.45, 2.75) is 0 Å². The van der Waals surface area contributed by atoms with Crippen molar-refractivity contribution in [3.63, 3.8) is 0 Å². The summed E-state index contributed by atoms with van der Waals surface area (Å²) in [5.74, 6) is 0. The number of fused-ring (bicyclic) bond motifs is 15. The van der Waals surface area contributed by atoms with Crippen molar-refractivity contribution >= 4 is 71.1 Å². The molecule has 0 N–H and O–H groups in total. The van der Waals surface area contributed by atoms with Crippen LogP contribution in [0.15, 0.2) is 140 Å². The highest BCUT2D eigenvalue weighted by molar-refractivity contribution is 6.41. The van der Waals surface area contributed by atoms with Gasteiger partial charge in [-0.05, 0) is 48.5 Å². The minimum Gasteiger partial charge on any atom is -0.309 e. The van der Waals surface area contributed by atoms with E-state index in [2.05, 4.69) is 129 Å². The molecule has 5 heteroatoms. The Morgan fingerprint density at radius 1 is 0.395 bits per heavy atom. The number of rotatable bonds is 2. The molecule has 5 heterocycles. The van der Waals surface area contributed by atoms with Crippen LogP contribution in [0.4, 0.5) is 0 Å². The second-order valence-corrected chi connectivity index (χ2v) is 11.1. The zero-order valence-electron chi connectivity index (χ0n) is 23.0. The van der Waals surface area contributed by atoms with Gasteiger partial charge in [0.1, 0.15) is 11.3 Å². The molecule has 5 nitrogen and oxygen atoms in total. The second-order valence-electron chi connectivity index (χ2n) is 11.1. The van der Waals surface area contributed by atoms with E-state index in [1.165, 1.54) is 43.5 Å². The van der Waals surface area contributed by atoms with E-state index in [0.29, 0.717) is 0 Å². The van der Waals surface area contributed by atoms with Crippen LogP contribution >= 0.6 is 0 Å². The first kappa shape index (κ1) is 22.7. The highest BCUT2D eigenvalue weighted by Gasteiger charge is 2.27. The van der Waals surface area contributed by atoms with Gasteiger partial charge in [-0.15, -0.1) is 0 Å². The summed E-state index contributed by atoms with van der Waals surface area (Å²) in [5, 5.41) is 8.28. The molecule has 43 heavy (non-hydrogen) atoms. The summed E-state index contributed by atoms with van der Waals surface area (Å²) in [5.41, 5.74) is 8.75. The lowest BCUT2D eigenvalue weighted by molar-refractivity contribution is 1.17. The summed E-state index contributed by atoms with van der Waals surface area (Å²) in [4.78, 5) is 9.90. The van der Waals surface area contributed by atoms with E-state index in [9.17, 15) is 0 Å². The summed E-state index contributed by atoms with van der Waals surface area (Å²) < 4.78 is 7.02. The summed E-state index contributed by atoms with van der Waals surface area (Å²) >= 11 is 0. The van der Waals surface area contributed by atoms with Crippen LogP contribution in [0.2, 0.25) is 0 Å². The topological polar surface area (TPSA) is 40.1 Å². The average Bonchev–Trinajstić information content (AvgIpc) is 3.78. The van der Waals surface area contributed by atoms with E-state index < -0.39 is 0 Å². The minimum absolute atomic E-state index is 0.905. The maximum atomic E-state index is 5.01. The van der Waals surface area contributed by atoms with Gasteiger partial charge in [0.05, 0.1) is 27.5 Å². The summed E-state index contributed by atoms with van der Waals surface area (Å²) in [6.07, 6.45) is 5.79. The van der Waals surface area contributed by atoms with Crippen LogP contribution in [-0.4, -0.2) is 23.5 Å². The molecule has 10 aromatic rings.